The molecule has 0 bridgehead atoms. The molecule has 0 fully saturated rings. The number of methoxy groups -OCH3 is 1. The van der Waals surface area contributed by atoms with Gasteiger partial charge in [0.1, 0.15) is 5.75 Å². The molecule has 0 atom stereocenters. The maximum absolute atomic E-state index is 12.3. The van der Waals surface area contributed by atoms with Gasteiger partial charge in [-0.3, -0.25) is 9.36 Å². The molecule has 35 heavy (non-hydrogen) atoms. The van der Waals surface area contributed by atoms with Crippen molar-refractivity contribution in [2.45, 2.75) is 5.16 Å². The average molecular weight is 487 g/mol. The molecule has 1 aromatic heterocycles. The van der Waals surface area contributed by atoms with Gasteiger partial charge in [-0.25, -0.2) is 5.43 Å². The van der Waals surface area contributed by atoms with E-state index < -0.39 is 5.97 Å². The largest absolute Gasteiger partial charge is 0.545 e. The highest BCUT2D eigenvalue weighted by Gasteiger charge is 2.17. The van der Waals surface area contributed by atoms with E-state index in [2.05, 4.69) is 20.7 Å². The van der Waals surface area contributed by atoms with Crippen molar-refractivity contribution in [1.82, 2.24) is 20.2 Å². The lowest BCUT2D eigenvalue weighted by Gasteiger charge is -2.10. The minimum Gasteiger partial charge on any atom is -0.545 e. The first-order chi connectivity index (χ1) is 17.0. The van der Waals surface area contributed by atoms with Gasteiger partial charge in [0.2, 0.25) is 0 Å². The topological polar surface area (TPSA) is 122 Å². The van der Waals surface area contributed by atoms with Crippen molar-refractivity contribution in [2.24, 2.45) is 5.10 Å². The van der Waals surface area contributed by atoms with Crippen molar-refractivity contribution in [2.75, 3.05) is 12.9 Å². The number of nitrogens with zero attached hydrogens (tertiary/aromatic N) is 4. The van der Waals surface area contributed by atoms with Crippen molar-refractivity contribution in [1.29, 1.82) is 0 Å². The predicted octanol–water partition coefficient (Wildman–Crippen LogP) is 2.55. The van der Waals surface area contributed by atoms with E-state index in [1.807, 2.05) is 59.2 Å². The second-order valence-electron chi connectivity index (χ2n) is 7.20. The predicted molar refractivity (Wildman–Crippen MR) is 131 cm³/mol. The third-order valence-corrected chi connectivity index (χ3v) is 5.81. The molecule has 0 aliphatic heterocycles. The number of nitrogens with one attached hydrogen (secondary N) is 1. The van der Waals surface area contributed by atoms with Gasteiger partial charge in [-0.15, -0.1) is 10.2 Å². The number of thioether (sulfide) groups is 1. The lowest BCUT2D eigenvalue weighted by Crippen LogP contribution is -2.22. The van der Waals surface area contributed by atoms with Crippen LogP contribution in [0.25, 0.3) is 17.1 Å². The molecule has 9 nitrogen and oxygen atoms in total. The molecule has 4 rings (SSSR count). The number of rotatable bonds is 9. The monoisotopic (exact) mass is 486 g/mol. The average Bonchev–Trinajstić information content (AvgIpc) is 3.32. The van der Waals surface area contributed by atoms with E-state index in [1.54, 1.807) is 19.2 Å². The smallest absolute Gasteiger partial charge is 0.250 e. The molecule has 0 aliphatic rings. The number of carboxylic acids is 1. The summed E-state index contributed by atoms with van der Waals surface area (Å²) in [5.74, 6) is -0.140. The number of hydrazone groups is 1. The van der Waals surface area contributed by atoms with Crippen LogP contribution in [0.4, 0.5) is 0 Å². The Labute approximate surface area is 205 Å². The summed E-state index contributed by atoms with van der Waals surface area (Å²) in [5.41, 5.74) is 4.88. The van der Waals surface area contributed by atoms with Crippen molar-refractivity contribution in [3.05, 3.63) is 90.0 Å². The second kappa shape index (κ2) is 11.1. The number of carbonyl (C=O) groups is 2. The summed E-state index contributed by atoms with van der Waals surface area (Å²) in [6, 6.07) is 23.1. The fourth-order valence-corrected chi connectivity index (χ4v) is 3.89. The number of hydrogen-bond acceptors (Lipinski definition) is 8. The third-order valence-electron chi connectivity index (χ3n) is 4.88. The minimum atomic E-state index is -1.25. The lowest BCUT2D eigenvalue weighted by atomic mass is 10.1. The summed E-state index contributed by atoms with van der Waals surface area (Å²) in [7, 11) is 1.61. The van der Waals surface area contributed by atoms with Crippen LogP contribution in [0.15, 0.2) is 89.1 Å². The highest BCUT2D eigenvalue weighted by molar-refractivity contribution is 7.99. The summed E-state index contributed by atoms with van der Waals surface area (Å²) < 4.78 is 7.13. The molecule has 0 saturated heterocycles. The van der Waals surface area contributed by atoms with Crippen LogP contribution in [-0.4, -0.2) is 45.7 Å². The summed E-state index contributed by atoms with van der Waals surface area (Å²) >= 11 is 1.23. The van der Waals surface area contributed by atoms with Crippen LogP contribution >= 0.6 is 11.8 Å². The number of aromatic nitrogens is 3. The molecule has 1 N–H and O–H groups in total. The van der Waals surface area contributed by atoms with Crippen LogP contribution in [0, 0.1) is 0 Å². The van der Waals surface area contributed by atoms with Gasteiger partial charge in [0.05, 0.1) is 25.0 Å². The van der Waals surface area contributed by atoms with Crippen LogP contribution < -0.4 is 15.3 Å². The number of ether oxygens (including phenoxy) is 1. The van der Waals surface area contributed by atoms with E-state index in [4.69, 9.17) is 4.74 Å². The standard InChI is InChI=1S/C25H21N5O4S/c1-34-21-13-11-18(12-14-21)23-28-29-25(30(23)20-5-3-2-4-6-20)35-16-22(31)27-26-15-17-7-9-19(10-8-17)24(32)33/h2-15H,16H2,1H3,(H,27,31)(H,32,33)/p-1. The zero-order chi connectivity index (χ0) is 24.6. The third kappa shape index (κ3) is 5.92. The van der Waals surface area contributed by atoms with E-state index in [0.717, 1.165) is 17.0 Å². The quantitative estimate of drug-likeness (QED) is 0.219. The fourth-order valence-electron chi connectivity index (χ4n) is 3.15. The van der Waals surface area contributed by atoms with Gasteiger partial charge < -0.3 is 14.6 Å². The molecule has 176 valence electrons. The molecule has 1 amide bonds. The highest BCUT2D eigenvalue weighted by Crippen LogP contribution is 2.28. The molecule has 0 spiro atoms. The number of hydrogen-bond donors (Lipinski definition) is 1. The highest BCUT2D eigenvalue weighted by atomic mass is 32.2. The maximum Gasteiger partial charge on any atom is 0.250 e. The number of para-hydroxylation sites is 1. The van der Waals surface area contributed by atoms with Gasteiger partial charge in [0.25, 0.3) is 5.91 Å². The second-order valence-corrected chi connectivity index (χ2v) is 8.14. The molecular formula is C25H20N5O4S-. The van der Waals surface area contributed by atoms with Crippen LogP contribution in [0.5, 0.6) is 5.75 Å². The molecule has 0 aliphatic carbocycles. The molecule has 10 heteroatoms. The Hall–Kier alpha value is -4.44. The van der Waals surface area contributed by atoms with Gasteiger partial charge in [-0.2, -0.15) is 5.10 Å². The first-order valence-corrected chi connectivity index (χ1v) is 11.4. The minimum absolute atomic E-state index is 0.0640. The van der Waals surface area contributed by atoms with Gasteiger partial charge in [0.15, 0.2) is 11.0 Å². The van der Waals surface area contributed by atoms with Crippen molar-refractivity contribution < 1.29 is 19.4 Å². The van der Waals surface area contributed by atoms with Gasteiger partial charge >= 0.3 is 0 Å². The summed E-state index contributed by atoms with van der Waals surface area (Å²) in [6.45, 7) is 0. The maximum atomic E-state index is 12.3. The number of carbonyl (C=O) groups excluding carboxylic acids is 2. The van der Waals surface area contributed by atoms with E-state index >= 15 is 0 Å². The van der Waals surface area contributed by atoms with Crippen LogP contribution in [0.1, 0.15) is 15.9 Å². The Bertz CT molecular complexity index is 1340. The van der Waals surface area contributed by atoms with Crippen molar-refractivity contribution in [3.63, 3.8) is 0 Å². The first kappa shape index (κ1) is 23.7. The van der Waals surface area contributed by atoms with E-state index in [0.29, 0.717) is 16.5 Å². The molecule has 0 radical (unpaired) electrons. The van der Waals surface area contributed by atoms with Gasteiger partial charge in [-0.1, -0.05) is 54.2 Å². The SMILES string of the molecule is COc1ccc(-c2nnc(SCC(=O)NN=Cc3ccc(C(=O)[O-])cc3)n2-c2ccccc2)cc1. The van der Waals surface area contributed by atoms with Gasteiger partial charge in [0, 0.05) is 11.3 Å². The van der Waals surface area contributed by atoms with Crippen LogP contribution in [-0.2, 0) is 4.79 Å². The fraction of sp³-hybridized carbons (Fsp3) is 0.0800. The normalized spacial score (nSPS) is 10.9. The van der Waals surface area contributed by atoms with Crippen LogP contribution in [0.2, 0.25) is 0 Å². The molecule has 0 saturated carbocycles. The summed E-state index contributed by atoms with van der Waals surface area (Å²) in [4.78, 5) is 23.1. The van der Waals surface area contributed by atoms with Gasteiger partial charge in [-0.05, 0) is 47.5 Å². The first-order valence-electron chi connectivity index (χ1n) is 10.5. The summed E-state index contributed by atoms with van der Waals surface area (Å²) in [6.07, 6.45) is 1.43. The number of aromatic carboxylic acids is 1. The van der Waals surface area contributed by atoms with Crippen LogP contribution in [0.3, 0.4) is 0 Å². The summed E-state index contributed by atoms with van der Waals surface area (Å²) in [5, 5.41) is 24.0. The molecule has 1 heterocycles. The van der Waals surface area contributed by atoms with Crippen molar-refractivity contribution >= 4 is 29.9 Å². The number of benzene rings is 3. The molecule has 3 aromatic carbocycles. The zero-order valence-corrected chi connectivity index (χ0v) is 19.4. The van der Waals surface area contributed by atoms with E-state index in [9.17, 15) is 14.7 Å². The Kier molecular flexibility index (Phi) is 7.53. The Balaban J connectivity index is 1.46. The zero-order valence-electron chi connectivity index (χ0n) is 18.6. The lowest BCUT2D eigenvalue weighted by molar-refractivity contribution is -0.255. The van der Waals surface area contributed by atoms with E-state index in [1.165, 1.54) is 30.1 Å². The molecule has 4 aromatic rings. The Morgan fingerprint density at radius 1 is 1.03 bits per heavy atom. The Morgan fingerprint density at radius 3 is 2.40 bits per heavy atom. The van der Waals surface area contributed by atoms with Crippen molar-refractivity contribution in [3.8, 4) is 22.8 Å². The Morgan fingerprint density at radius 2 is 1.74 bits per heavy atom. The number of carboxylic acid groups (broad SMARTS) is 1. The molecular weight excluding hydrogens is 466 g/mol. The number of amides is 1. The van der Waals surface area contributed by atoms with E-state index in [-0.39, 0.29) is 17.2 Å². The molecule has 0 unspecified atom stereocenters.